The number of thioether (sulfide) groups is 1. The molecule has 5 nitrogen and oxygen atoms in total. The van der Waals surface area contributed by atoms with Crippen LogP contribution in [-0.2, 0) is 16.0 Å². The average Bonchev–Trinajstić information content (AvgIpc) is 2.96. The van der Waals surface area contributed by atoms with Crippen molar-refractivity contribution in [3.05, 3.63) is 64.6 Å². The van der Waals surface area contributed by atoms with E-state index in [2.05, 4.69) is 0 Å². The zero-order valence-corrected chi connectivity index (χ0v) is 16.9. The van der Waals surface area contributed by atoms with Crippen molar-refractivity contribution in [1.82, 2.24) is 0 Å². The summed E-state index contributed by atoms with van der Waals surface area (Å²) in [6, 6.07) is 14.9. The molecule has 2 aromatic rings. The molecule has 0 unspecified atom stereocenters. The molecule has 1 heterocycles. The lowest BCUT2D eigenvalue weighted by molar-refractivity contribution is -0.137. The van der Waals surface area contributed by atoms with Crippen molar-refractivity contribution in [3.63, 3.8) is 0 Å². The topological polar surface area (TPSA) is 66.8 Å². The number of aliphatic carboxylic acids is 1. The van der Waals surface area contributed by atoms with Gasteiger partial charge in [-0.1, -0.05) is 67.3 Å². The van der Waals surface area contributed by atoms with Crippen LogP contribution in [0.25, 0.3) is 6.08 Å². The van der Waals surface area contributed by atoms with Crippen LogP contribution in [0.2, 0.25) is 0 Å². The third kappa shape index (κ3) is 4.43. The molecule has 0 bridgehead atoms. The maximum atomic E-state index is 13.0. The van der Waals surface area contributed by atoms with E-state index in [0.717, 1.165) is 17.7 Å². The van der Waals surface area contributed by atoms with Crippen LogP contribution >= 0.6 is 24.0 Å². The predicted octanol–water partition coefficient (Wildman–Crippen LogP) is 4.51. The summed E-state index contributed by atoms with van der Waals surface area (Å²) in [7, 11) is 0. The molecule has 7 heteroatoms. The summed E-state index contributed by atoms with van der Waals surface area (Å²) in [5, 5.41) is 8.77. The second-order valence-electron chi connectivity index (χ2n) is 6.03. The third-order valence-corrected chi connectivity index (χ3v) is 5.49. The summed E-state index contributed by atoms with van der Waals surface area (Å²) < 4.78 is 6.06. The van der Waals surface area contributed by atoms with Crippen LogP contribution in [0.4, 0.5) is 5.69 Å². The highest BCUT2D eigenvalue weighted by atomic mass is 32.2. The van der Waals surface area contributed by atoms with E-state index in [-0.39, 0.29) is 18.9 Å². The van der Waals surface area contributed by atoms with E-state index in [0.29, 0.717) is 20.5 Å². The van der Waals surface area contributed by atoms with Gasteiger partial charge in [-0.2, -0.15) is 0 Å². The van der Waals surface area contributed by atoms with Crippen LogP contribution in [0.5, 0.6) is 5.75 Å². The number of carbonyl (C=O) groups excluding carboxylic acids is 1. The molecular formula is C21H19NO4S2. The van der Waals surface area contributed by atoms with Crippen molar-refractivity contribution in [1.29, 1.82) is 0 Å². The van der Waals surface area contributed by atoms with Gasteiger partial charge in [0.05, 0.1) is 23.6 Å². The summed E-state index contributed by atoms with van der Waals surface area (Å²) in [6.07, 6.45) is 2.45. The van der Waals surface area contributed by atoms with Crippen molar-refractivity contribution in [3.8, 4) is 5.75 Å². The first-order valence-corrected chi connectivity index (χ1v) is 10.0. The number of carbonyl (C=O) groups is 2. The van der Waals surface area contributed by atoms with E-state index < -0.39 is 5.97 Å². The fourth-order valence-electron chi connectivity index (χ4n) is 2.82. The van der Waals surface area contributed by atoms with Crippen molar-refractivity contribution in [2.24, 2.45) is 0 Å². The fraction of sp³-hybridized carbons (Fsp3) is 0.190. The van der Waals surface area contributed by atoms with Gasteiger partial charge >= 0.3 is 5.97 Å². The fourth-order valence-corrected chi connectivity index (χ4v) is 4.10. The highest BCUT2D eigenvalue weighted by Crippen LogP contribution is 2.38. The number of anilines is 1. The molecule has 0 atom stereocenters. The van der Waals surface area contributed by atoms with Gasteiger partial charge in [-0.15, -0.1) is 0 Å². The molecule has 1 amide bonds. The minimum Gasteiger partial charge on any atom is -0.492 e. The number of rotatable bonds is 7. The first-order chi connectivity index (χ1) is 13.5. The SMILES string of the molecule is CCc1ccccc1N1C(=O)/C(=C\c2ccccc2OCCC(=O)O)SC1=S. The summed E-state index contributed by atoms with van der Waals surface area (Å²) in [6.45, 7) is 2.10. The van der Waals surface area contributed by atoms with E-state index in [1.54, 1.807) is 23.1 Å². The lowest BCUT2D eigenvalue weighted by atomic mass is 10.1. The number of amides is 1. The lowest BCUT2D eigenvalue weighted by Gasteiger charge is -2.18. The molecule has 1 aliphatic rings. The first-order valence-electron chi connectivity index (χ1n) is 8.80. The van der Waals surface area contributed by atoms with E-state index in [4.69, 9.17) is 22.1 Å². The molecule has 1 aliphatic heterocycles. The number of benzene rings is 2. The second kappa shape index (κ2) is 9.03. The summed E-state index contributed by atoms with van der Waals surface area (Å²) in [5.74, 6) is -0.563. The highest BCUT2D eigenvalue weighted by Gasteiger charge is 2.34. The molecule has 0 aliphatic carbocycles. The Morgan fingerprint density at radius 3 is 2.68 bits per heavy atom. The average molecular weight is 414 g/mol. The number of carboxylic acids is 1. The lowest BCUT2D eigenvalue weighted by Crippen LogP contribution is -2.28. The predicted molar refractivity (Wildman–Crippen MR) is 116 cm³/mol. The molecule has 144 valence electrons. The van der Waals surface area contributed by atoms with Crippen LogP contribution < -0.4 is 9.64 Å². The molecule has 28 heavy (non-hydrogen) atoms. The smallest absolute Gasteiger partial charge is 0.306 e. The standard InChI is InChI=1S/C21H19NO4S2/c1-2-14-7-3-5-9-16(14)22-20(25)18(28-21(22)27)13-15-8-4-6-10-17(15)26-12-11-19(23)24/h3-10,13H,2,11-12H2,1H3,(H,23,24)/b18-13+. The monoisotopic (exact) mass is 413 g/mol. The van der Waals surface area contributed by atoms with Crippen molar-refractivity contribution in [2.75, 3.05) is 11.5 Å². The Bertz CT molecular complexity index is 955. The van der Waals surface area contributed by atoms with Crippen LogP contribution in [0.15, 0.2) is 53.4 Å². The quantitative estimate of drug-likeness (QED) is 0.532. The largest absolute Gasteiger partial charge is 0.492 e. The normalized spacial score (nSPS) is 15.3. The number of para-hydroxylation sites is 2. The van der Waals surface area contributed by atoms with Gasteiger partial charge in [0.15, 0.2) is 4.32 Å². The van der Waals surface area contributed by atoms with Crippen molar-refractivity contribution in [2.45, 2.75) is 19.8 Å². The van der Waals surface area contributed by atoms with Crippen molar-refractivity contribution < 1.29 is 19.4 Å². The number of ether oxygens (including phenoxy) is 1. The Morgan fingerprint density at radius 2 is 1.93 bits per heavy atom. The number of hydrogen-bond donors (Lipinski definition) is 1. The summed E-state index contributed by atoms with van der Waals surface area (Å²) in [5.41, 5.74) is 2.57. The van der Waals surface area contributed by atoms with Crippen LogP contribution in [0.1, 0.15) is 24.5 Å². The van der Waals surface area contributed by atoms with Gasteiger partial charge in [-0.3, -0.25) is 14.5 Å². The van der Waals surface area contributed by atoms with Gasteiger partial charge in [0.1, 0.15) is 5.75 Å². The number of nitrogens with zero attached hydrogens (tertiary/aromatic N) is 1. The minimum absolute atomic E-state index is 0.0605. The third-order valence-electron chi connectivity index (χ3n) is 4.19. The van der Waals surface area contributed by atoms with Crippen molar-refractivity contribution >= 4 is 51.9 Å². The van der Waals surface area contributed by atoms with E-state index in [1.165, 1.54) is 11.8 Å². The highest BCUT2D eigenvalue weighted by molar-refractivity contribution is 8.27. The summed E-state index contributed by atoms with van der Waals surface area (Å²) >= 11 is 6.71. The Labute approximate surface area is 173 Å². The van der Waals surface area contributed by atoms with Gasteiger partial charge in [0, 0.05) is 5.56 Å². The number of carboxylic acid groups (broad SMARTS) is 1. The molecule has 0 spiro atoms. The van der Waals surface area contributed by atoms with Gasteiger partial charge in [-0.05, 0) is 30.2 Å². The zero-order chi connectivity index (χ0) is 20.1. The van der Waals surface area contributed by atoms with Crippen LogP contribution in [0.3, 0.4) is 0 Å². The maximum Gasteiger partial charge on any atom is 0.306 e. The Morgan fingerprint density at radius 1 is 1.21 bits per heavy atom. The van der Waals surface area contributed by atoms with Crippen LogP contribution in [0, 0.1) is 0 Å². The summed E-state index contributed by atoms with van der Waals surface area (Å²) in [4.78, 5) is 25.8. The maximum absolute atomic E-state index is 13.0. The molecule has 0 radical (unpaired) electrons. The molecule has 0 saturated carbocycles. The van der Waals surface area contributed by atoms with Gasteiger partial charge in [-0.25, -0.2) is 0 Å². The Hall–Kier alpha value is -2.64. The molecule has 3 rings (SSSR count). The number of aryl methyl sites for hydroxylation is 1. The van der Waals surface area contributed by atoms with E-state index >= 15 is 0 Å². The molecular weight excluding hydrogens is 394 g/mol. The van der Waals surface area contributed by atoms with Gasteiger partial charge in [0.2, 0.25) is 0 Å². The number of hydrogen-bond acceptors (Lipinski definition) is 5. The molecule has 1 N–H and O–H groups in total. The molecule has 1 fully saturated rings. The minimum atomic E-state index is -0.923. The van der Waals surface area contributed by atoms with Crippen LogP contribution in [-0.4, -0.2) is 27.9 Å². The van der Waals surface area contributed by atoms with E-state index in [1.807, 2.05) is 43.3 Å². The van der Waals surface area contributed by atoms with E-state index in [9.17, 15) is 9.59 Å². The second-order valence-corrected chi connectivity index (χ2v) is 7.71. The zero-order valence-electron chi connectivity index (χ0n) is 15.3. The molecule has 1 saturated heterocycles. The number of thiocarbonyl (C=S) groups is 1. The molecule has 0 aromatic heterocycles. The Balaban J connectivity index is 1.87. The molecule has 2 aromatic carbocycles. The van der Waals surface area contributed by atoms with Gasteiger partial charge < -0.3 is 9.84 Å². The van der Waals surface area contributed by atoms with Gasteiger partial charge in [0.25, 0.3) is 5.91 Å². The Kier molecular flexibility index (Phi) is 6.49. The first kappa shape index (κ1) is 20.1.